The highest BCUT2D eigenvalue weighted by atomic mass is 32.1. The lowest BCUT2D eigenvalue weighted by Crippen LogP contribution is -2.44. The summed E-state index contributed by atoms with van der Waals surface area (Å²) in [5.41, 5.74) is -1.57. The normalized spacial score (nSPS) is 13.2. The van der Waals surface area contributed by atoms with Crippen LogP contribution in [0.3, 0.4) is 0 Å². The summed E-state index contributed by atoms with van der Waals surface area (Å²) in [7, 11) is 0. The minimum Gasteiger partial charge on any atom is -0.466 e. The van der Waals surface area contributed by atoms with Gasteiger partial charge < -0.3 is 19.4 Å². The first-order chi connectivity index (χ1) is 11.6. The van der Waals surface area contributed by atoms with Gasteiger partial charge in [0.05, 0.1) is 12.8 Å². The maximum Gasteiger partial charge on any atom is 0.314 e. The molecule has 3 aromatic rings. The molecule has 3 heterocycles. The highest BCUT2D eigenvalue weighted by Gasteiger charge is 2.36. The summed E-state index contributed by atoms with van der Waals surface area (Å²) in [6.45, 7) is -0.230. The van der Waals surface area contributed by atoms with Gasteiger partial charge >= 0.3 is 11.8 Å². The van der Waals surface area contributed by atoms with E-state index in [0.29, 0.717) is 4.88 Å². The molecule has 0 fully saturated rings. The second kappa shape index (κ2) is 6.69. The number of carbonyl (C=O) groups is 2. The molecule has 0 saturated heterocycles. The molecule has 24 heavy (non-hydrogen) atoms. The molecule has 124 valence electrons. The Morgan fingerprint density at radius 1 is 1.21 bits per heavy atom. The molecule has 1 atom stereocenters. The quantitative estimate of drug-likeness (QED) is 0.599. The number of anilines is 1. The Morgan fingerprint density at radius 2 is 2.08 bits per heavy atom. The molecule has 3 aromatic heterocycles. The summed E-state index contributed by atoms with van der Waals surface area (Å²) in [6, 6.07) is 8.12. The number of nitrogens with one attached hydrogen (secondary N) is 2. The first kappa shape index (κ1) is 16.0. The van der Waals surface area contributed by atoms with E-state index in [-0.39, 0.29) is 18.1 Å². The van der Waals surface area contributed by atoms with E-state index in [4.69, 9.17) is 4.42 Å². The lowest BCUT2D eigenvalue weighted by Gasteiger charge is -2.25. The summed E-state index contributed by atoms with van der Waals surface area (Å²) in [4.78, 5) is 24.3. The summed E-state index contributed by atoms with van der Waals surface area (Å²) < 4.78 is 9.84. The van der Waals surface area contributed by atoms with Crippen LogP contribution in [0.5, 0.6) is 0 Å². The van der Waals surface area contributed by atoms with E-state index in [0.717, 1.165) is 0 Å². The van der Waals surface area contributed by atoms with Crippen LogP contribution < -0.4 is 10.6 Å². The molecule has 0 bridgehead atoms. The van der Waals surface area contributed by atoms with Crippen LogP contribution in [0.2, 0.25) is 0 Å². The summed E-state index contributed by atoms with van der Waals surface area (Å²) in [6.07, 6.45) is 2.69. The summed E-state index contributed by atoms with van der Waals surface area (Å²) in [5.74, 6) is -1.45. The van der Waals surface area contributed by atoms with E-state index in [9.17, 15) is 14.7 Å². The van der Waals surface area contributed by atoms with E-state index in [1.807, 2.05) is 0 Å². The van der Waals surface area contributed by atoms with Crippen LogP contribution >= 0.6 is 11.3 Å². The molecule has 0 aromatic carbocycles. The zero-order valence-corrected chi connectivity index (χ0v) is 13.1. The third-order valence-corrected chi connectivity index (χ3v) is 4.27. The highest BCUT2D eigenvalue weighted by Crippen LogP contribution is 2.32. The van der Waals surface area contributed by atoms with Crippen LogP contribution in [0.25, 0.3) is 0 Å². The molecule has 0 unspecified atom stereocenters. The molecule has 2 amide bonds. The molecule has 0 saturated carbocycles. The van der Waals surface area contributed by atoms with Gasteiger partial charge in [-0.1, -0.05) is 11.2 Å². The van der Waals surface area contributed by atoms with Crippen molar-refractivity contribution in [1.82, 2.24) is 10.5 Å². The maximum atomic E-state index is 11.9. The minimum absolute atomic E-state index is 0.120. The Labute approximate surface area is 140 Å². The fraction of sp³-hybridized carbons (Fsp3) is 0.133. The van der Waals surface area contributed by atoms with E-state index >= 15 is 0 Å². The van der Waals surface area contributed by atoms with E-state index in [2.05, 4.69) is 20.3 Å². The first-order valence-electron chi connectivity index (χ1n) is 6.89. The van der Waals surface area contributed by atoms with Crippen LogP contribution in [-0.4, -0.2) is 28.6 Å². The predicted molar refractivity (Wildman–Crippen MR) is 84.2 cm³/mol. The molecule has 0 spiro atoms. The average molecular weight is 347 g/mol. The first-order valence-corrected chi connectivity index (χ1v) is 7.77. The Morgan fingerprint density at radius 3 is 2.71 bits per heavy atom. The van der Waals surface area contributed by atoms with Gasteiger partial charge in [-0.3, -0.25) is 14.9 Å². The molecule has 0 aliphatic heterocycles. The Kier molecular flexibility index (Phi) is 4.45. The molecular formula is C15H13N3O5S. The largest absolute Gasteiger partial charge is 0.466 e. The van der Waals surface area contributed by atoms with Crippen molar-refractivity contribution in [2.45, 2.75) is 5.60 Å². The van der Waals surface area contributed by atoms with Crippen LogP contribution in [-0.2, 0) is 15.2 Å². The highest BCUT2D eigenvalue weighted by molar-refractivity contribution is 7.10. The topological polar surface area (TPSA) is 118 Å². The summed E-state index contributed by atoms with van der Waals surface area (Å²) in [5, 5.41) is 20.9. The molecule has 0 aliphatic rings. The van der Waals surface area contributed by atoms with E-state index < -0.39 is 17.4 Å². The van der Waals surface area contributed by atoms with Crippen molar-refractivity contribution in [1.29, 1.82) is 0 Å². The monoisotopic (exact) mass is 347 g/mol. The van der Waals surface area contributed by atoms with Crippen molar-refractivity contribution in [2.24, 2.45) is 0 Å². The predicted octanol–water partition coefficient (Wildman–Crippen LogP) is 1.32. The Bertz CT molecular complexity index is 762. The van der Waals surface area contributed by atoms with Gasteiger partial charge in [0.15, 0.2) is 11.4 Å². The van der Waals surface area contributed by atoms with Gasteiger partial charge in [0.25, 0.3) is 0 Å². The van der Waals surface area contributed by atoms with Crippen LogP contribution in [0.1, 0.15) is 10.6 Å². The van der Waals surface area contributed by atoms with Crippen molar-refractivity contribution in [3.63, 3.8) is 0 Å². The van der Waals surface area contributed by atoms with Gasteiger partial charge in [0.2, 0.25) is 0 Å². The van der Waals surface area contributed by atoms with Crippen molar-refractivity contribution in [3.8, 4) is 0 Å². The number of nitrogens with zero attached hydrogens (tertiary/aromatic N) is 1. The molecule has 9 heteroatoms. The van der Waals surface area contributed by atoms with Gasteiger partial charge in [0.1, 0.15) is 12.0 Å². The van der Waals surface area contributed by atoms with Crippen LogP contribution in [0.15, 0.2) is 57.2 Å². The lowest BCUT2D eigenvalue weighted by molar-refractivity contribution is -0.136. The minimum atomic E-state index is -1.57. The number of aromatic nitrogens is 1. The van der Waals surface area contributed by atoms with Crippen molar-refractivity contribution < 1.29 is 23.6 Å². The Balaban J connectivity index is 1.70. The third-order valence-electron chi connectivity index (χ3n) is 3.25. The van der Waals surface area contributed by atoms with Gasteiger partial charge in [-0.2, -0.15) is 0 Å². The fourth-order valence-electron chi connectivity index (χ4n) is 2.06. The van der Waals surface area contributed by atoms with Gasteiger partial charge in [0, 0.05) is 10.9 Å². The molecular weight excluding hydrogens is 334 g/mol. The van der Waals surface area contributed by atoms with Crippen molar-refractivity contribution >= 4 is 29.0 Å². The number of carbonyl (C=O) groups excluding carboxylic acids is 2. The SMILES string of the molecule is O=C(NC[C@](O)(c1ccco1)c1cccs1)C(=O)Nc1ccon1. The fourth-order valence-corrected chi connectivity index (χ4v) is 2.89. The number of thiophene rings is 1. The number of hydrogen-bond acceptors (Lipinski definition) is 7. The van der Waals surface area contributed by atoms with Crippen LogP contribution in [0, 0.1) is 0 Å². The molecule has 0 aliphatic carbocycles. The molecule has 0 radical (unpaired) electrons. The average Bonchev–Trinajstić information content (AvgIpc) is 3.35. The zero-order chi connectivity index (χ0) is 17.0. The third kappa shape index (κ3) is 3.21. The van der Waals surface area contributed by atoms with Gasteiger partial charge in [-0.05, 0) is 23.6 Å². The molecule has 3 N–H and O–H groups in total. The second-order valence-electron chi connectivity index (χ2n) is 4.84. The maximum absolute atomic E-state index is 11.9. The number of rotatable bonds is 5. The number of furan rings is 1. The van der Waals surface area contributed by atoms with Crippen LogP contribution in [0.4, 0.5) is 5.82 Å². The van der Waals surface area contributed by atoms with Gasteiger partial charge in [-0.25, -0.2) is 0 Å². The standard InChI is InChI=1S/C15H13N3O5S/c19-13(14(20)17-12-5-7-23-18-12)16-9-15(21,10-3-1-6-22-10)11-4-2-8-24-11/h1-8,21H,9H2,(H,16,19)(H,17,18,20)/t15-/m0/s1. The second-order valence-corrected chi connectivity index (χ2v) is 5.78. The smallest absolute Gasteiger partial charge is 0.314 e. The number of amides is 2. The van der Waals surface area contributed by atoms with Crippen molar-refractivity contribution in [3.05, 3.63) is 58.9 Å². The number of aliphatic hydroxyl groups is 1. The number of hydrogen-bond donors (Lipinski definition) is 3. The zero-order valence-electron chi connectivity index (χ0n) is 12.3. The van der Waals surface area contributed by atoms with E-state index in [1.165, 1.54) is 29.9 Å². The lowest BCUT2D eigenvalue weighted by atomic mass is 9.98. The van der Waals surface area contributed by atoms with Crippen molar-refractivity contribution in [2.75, 3.05) is 11.9 Å². The Hall–Kier alpha value is -2.91. The molecule has 3 rings (SSSR count). The molecule has 8 nitrogen and oxygen atoms in total. The summed E-state index contributed by atoms with van der Waals surface area (Å²) >= 11 is 1.31. The van der Waals surface area contributed by atoms with E-state index in [1.54, 1.807) is 29.6 Å². The van der Waals surface area contributed by atoms with Gasteiger partial charge in [-0.15, -0.1) is 11.3 Å².